The molecule has 18 heavy (non-hydrogen) atoms. The molecule has 2 unspecified atom stereocenters. The second-order valence-corrected chi connectivity index (χ2v) is 5.54. The molecule has 0 radical (unpaired) electrons. The zero-order valence-electron chi connectivity index (χ0n) is 10.6. The minimum absolute atomic E-state index is 0.235. The summed E-state index contributed by atoms with van der Waals surface area (Å²) in [4.78, 5) is 13.9. The Hall–Kier alpha value is -1.35. The van der Waals surface area contributed by atoms with E-state index in [1.165, 1.54) is 5.56 Å². The minimum Gasteiger partial charge on any atom is -0.356 e. The standard InChI is InChI=1S/C15H20N2O/c18-15-7-6-13-10-17(11-14(13)8-16-15)9-12-4-2-1-3-5-12/h1-5,13-14H,6-11H2,(H,16,18). The maximum absolute atomic E-state index is 11.4. The zero-order valence-corrected chi connectivity index (χ0v) is 10.6. The number of rotatable bonds is 2. The molecular formula is C15H20N2O. The molecular weight excluding hydrogens is 224 g/mol. The lowest BCUT2D eigenvalue weighted by molar-refractivity contribution is -0.120. The van der Waals surface area contributed by atoms with E-state index >= 15 is 0 Å². The van der Waals surface area contributed by atoms with E-state index in [0.29, 0.717) is 18.3 Å². The fraction of sp³-hybridized carbons (Fsp3) is 0.533. The molecule has 0 saturated carbocycles. The molecule has 1 aromatic carbocycles. The lowest BCUT2D eigenvalue weighted by Gasteiger charge is -2.16. The first kappa shape index (κ1) is 11.7. The van der Waals surface area contributed by atoms with Crippen molar-refractivity contribution in [2.45, 2.75) is 19.4 Å². The molecule has 2 aliphatic rings. The number of hydrogen-bond donors (Lipinski definition) is 1. The Bertz CT molecular complexity index is 400. The molecule has 3 rings (SSSR count). The third-order valence-electron chi connectivity index (χ3n) is 4.20. The maximum Gasteiger partial charge on any atom is 0.220 e. The van der Waals surface area contributed by atoms with Gasteiger partial charge in [-0.3, -0.25) is 9.69 Å². The predicted octanol–water partition coefficient (Wildman–Crippen LogP) is 1.64. The fourth-order valence-corrected chi connectivity index (χ4v) is 3.21. The number of likely N-dealkylation sites (tertiary alicyclic amines) is 1. The van der Waals surface area contributed by atoms with Gasteiger partial charge in [0, 0.05) is 32.6 Å². The molecule has 0 aliphatic carbocycles. The highest BCUT2D eigenvalue weighted by atomic mass is 16.1. The highest BCUT2D eigenvalue weighted by Crippen LogP contribution is 2.29. The van der Waals surface area contributed by atoms with Crippen LogP contribution in [-0.2, 0) is 11.3 Å². The van der Waals surface area contributed by atoms with E-state index in [9.17, 15) is 4.79 Å². The third-order valence-corrected chi connectivity index (χ3v) is 4.20. The van der Waals surface area contributed by atoms with Crippen molar-refractivity contribution in [2.75, 3.05) is 19.6 Å². The molecule has 96 valence electrons. The van der Waals surface area contributed by atoms with Gasteiger partial charge < -0.3 is 5.32 Å². The van der Waals surface area contributed by atoms with Gasteiger partial charge in [-0.05, 0) is 23.8 Å². The molecule has 2 atom stereocenters. The van der Waals surface area contributed by atoms with Crippen molar-refractivity contribution in [3.63, 3.8) is 0 Å². The smallest absolute Gasteiger partial charge is 0.220 e. The van der Waals surface area contributed by atoms with Crippen LogP contribution in [0.25, 0.3) is 0 Å². The summed E-state index contributed by atoms with van der Waals surface area (Å²) in [6, 6.07) is 10.6. The van der Waals surface area contributed by atoms with Crippen LogP contribution in [0.2, 0.25) is 0 Å². The molecule has 2 fully saturated rings. The van der Waals surface area contributed by atoms with Crippen LogP contribution in [0, 0.1) is 11.8 Å². The van der Waals surface area contributed by atoms with Crippen LogP contribution in [-0.4, -0.2) is 30.4 Å². The average molecular weight is 244 g/mol. The van der Waals surface area contributed by atoms with Gasteiger partial charge in [-0.2, -0.15) is 0 Å². The van der Waals surface area contributed by atoms with Crippen LogP contribution in [0.15, 0.2) is 30.3 Å². The average Bonchev–Trinajstić information content (AvgIpc) is 2.69. The topological polar surface area (TPSA) is 32.3 Å². The molecule has 2 aliphatic heterocycles. The fourth-order valence-electron chi connectivity index (χ4n) is 3.21. The van der Waals surface area contributed by atoms with Crippen LogP contribution in [0.1, 0.15) is 18.4 Å². The van der Waals surface area contributed by atoms with Gasteiger partial charge in [0.2, 0.25) is 5.91 Å². The van der Waals surface area contributed by atoms with Crippen LogP contribution >= 0.6 is 0 Å². The first-order valence-corrected chi connectivity index (χ1v) is 6.84. The molecule has 2 heterocycles. The first-order valence-electron chi connectivity index (χ1n) is 6.84. The van der Waals surface area contributed by atoms with Gasteiger partial charge in [0.05, 0.1) is 0 Å². The van der Waals surface area contributed by atoms with Crippen molar-refractivity contribution in [3.8, 4) is 0 Å². The second kappa shape index (κ2) is 5.11. The Morgan fingerprint density at radius 1 is 1.17 bits per heavy atom. The number of amides is 1. The number of hydrogen-bond acceptors (Lipinski definition) is 2. The quantitative estimate of drug-likeness (QED) is 0.858. The summed E-state index contributed by atoms with van der Waals surface area (Å²) in [7, 11) is 0. The second-order valence-electron chi connectivity index (χ2n) is 5.54. The van der Waals surface area contributed by atoms with Gasteiger partial charge in [-0.1, -0.05) is 30.3 Å². The Balaban J connectivity index is 1.60. The van der Waals surface area contributed by atoms with Gasteiger partial charge in [0.25, 0.3) is 0 Å². The molecule has 0 bridgehead atoms. The van der Waals surface area contributed by atoms with E-state index in [0.717, 1.165) is 32.6 Å². The van der Waals surface area contributed by atoms with Crippen LogP contribution < -0.4 is 5.32 Å². The zero-order chi connectivity index (χ0) is 12.4. The van der Waals surface area contributed by atoms with E-state index in [2.05, 4.69) is 40.5 Å². The Labute approximate surface area is 108 Å². The number of nitrogens with zero attached hydrogens (tertiary/aromatic N) is 1. The summed E-state index contributed by atoms with van der Waals surface area (Å²) in [6.07, 6.45) is 1.77. The summed E-state index contributed by atoms with van der Waals surface area (Å²) in [5.41, 5.74) is 1.39. The van der Waals surface area contributed by atoms with Gasteiger partial charge in [-0.15, -0.1) is 0 Å². The Morgan fingerprint density at radius 3 is 2.78 bits per heavy atom. The summed E-state index contributed by atoms with van der Waals surface area (Å²) in [5.74, 6) is 1.59. The molecule has 0 aromatic heterocycles. The van der Waals surface area contributed by atoms with Crippen molar-refractivity contribution in [3.05, 3.63) is 35.9 Å². The monoisotopic (exact) mass is 244 g/mol. The lowest BCUT2D eigenvalue weighted by atomic mass is 9.93. The van der Waals surface area contributed by atoms with Gasteiger partial charge in [0.15, 0.2) is 0 Å². The number of carbonyl (C=O) groups excluding carboxylic acids is 1. The van der Waals surface area contributed by atoms with E-state index in [1.54, 1.807) is 0 Å². The highest BCUT2D eigenvalue weighted by molar-refractivity contribution is 5.76. The van der Waals surface area contributed by atoms with Gasteiger partial charge >= 0.3 is 0 Å². The van der Waals surface area contributed by atoms with E-state index in [-0.39, 0.29) is 5.91 Å². The van der Waals surface area contributed by atoms with Gasteiger partial charge in [-0.25, -0.2) is 0 Å². The van der Waals surface area contributed by atoms with E-state index in [1.807, 2.05) is 0 Å². The number of fused-ring (bicyclic) bond motifs is 1. The van der Waals surface area contributed by atoms with Gasteiger partial charge in [0.1, 0.15) is 0 Å². The Kier molecular flexibility index (Phi) is 3.33. The number of benzene rings is 1. The summed E-state index contributed by atoms with van der Waals surface area (Å²) in [5, 5.41) is 3.03. The largest absolute Gasteiger partial charge is 0.356 e. The molecule has 3 nitrogen and oxygen atoms in total. The molecule has 1 aromatic rings. The number of nitrogens with one attached hydrogen (secondary N) is 1. The summed E-state index contributed by atoms with van der Waals surface area (Å²) >= 11 is 0. The molecule has 0 spiro atoms. The van der Waals surface area contributed by atoms with Crippen molar-refractivity contribution in [1.29, 1.82) is 0 Å². The maximum atomic E-state index is 11.4. The van der Waals surface area contributed by atoms with Crippen LogP contribution in [0.4, 0.5) is 0 Å². The predicted molar refractivity (Wildman–Crippen MR) is 70.9 cm³/mol. The SMILES string of the molecule is O=C1CCC2CN(Cc3ccccc3)CC2CN1. The highest BCUT2D eigenvalue weighted by Gasteiger charge is 2.34. The summed E-state index contributed by atoms with van der Waals surface area (Å²) < 4.78 is 0. The molecule has 3 heteroatoms. The third kappa shape index (κ3) is 2.56. The van der Waals surface area contributed by atoms with E-state index in [4.69, 9.17) is 0 Å². The molecule has 2 saturated heterocycles. The lowest BCUT2D eigenvalue weighted by Crippen LogP contribution is -2.29. The molecule has 1 N–H and O–H groups in total. The van der Waals surface area contributed by atoms with Crippen molar-refractivity contribution < 1.29 is 4.79 Å². The normalized spacial score (nSPS) is 28.6. The Morgan fingerprint density at radius 2 is 1.94 bits per heavy atom. The van der Waals surface area contributed by atoms with Crippen molar-refractivity contribution >= 4 is 5.91 Å². The van der Waals surface area contributed by atoms with Crippen LogP contribution in [0.3, 0.4) is 0 Å². The van der Waals surface area contributed by atoms with Crippen molar-refractivity contribution in [1.82, 2.24) is 10.2 Å². The van der Waals surface area contributed by atoms with Crippen molar-refractivity contribution in [2.24, 2.45) is 11.8 Å². The number of carbonyl (C=O) groups is 1. The van der Waals surface area contributed by atoms with Crippen LogP contribution in [0.5, 0.6) is 0 Å². The van der Waals surface area contributed by atoms with E-state index < -0.39 is 0 Å². The molecule has 1 amide bonds. The summed E-state index contributed by atoms with van der Waals surface area (Å²) in [6.45, 7) is 4.19. The minimum atomic E-state index is 0.235. The first-order chi connectivity index (χ1) is 8.81.